The third kappa shape index (κ3) is 4.13. The Bertz CT molecular complexity index is 564. The van der Waals surface area contributed by atoms with E-state index < -0.39 is 11.6 Å². The fraction of sp³-hybridized carbons (Fsp3) is 0.562. The molecule has 1 aromatic rings. The quantitative estimate of drug-likeness (QED) is 0.782. The number of amides is 1. The number of carbonyl (C=O) groups excluding carboxylic acids is 1. The monoisotopic (exact) mass is 344 g/mol. The molecule has 1 spiro atoms. The van der Waals surface area contributed by atoms with E-state index in [1.165, 1.54) is 6.07 Å². The Labute approximate surface area is 141 Å². The predicted octanol–water partition coefficient (Wildman–Crippen LogP) is 1.84. The number of phenols is 1. The first kappa shape index (κ1) is 18.0. The molecular formula is C16H22ClFN2O3. The molecule has 128 valence electrons. The zero-order chi connectivity index (χ0) is 15.6. The molecule has 2 aliphatic rings. The van der Waals surface area contributed by atoms with E-state index in [0.29, 0.717) is 6.54 Å². The summed E-state index contributed by atoms with van der Waals surface area (Å²) in [5.41, 5.74) is 0.503. The summed E-state index contributed by atoms with van der Waals surface area (Å²) in [4.78, 5) is 12.0. The standard InChI is InChI=1S/C16H21FN2O3.ClH/c17-13-2-1-11(7-14(13)20)15(21)19-9-12-8-16(10-22-12)3-5-18-6-4-16;/h1-2,7,12,18,20H,3-6,8-10H2,(H,19,21);1H. The van der Waals surface area contributed by atoms with Crippen LogP contribution in [0, 0.1) is 11.2 Å². The summed E-state index contributed by atoms with van der Waals surface area (Å²) in [6.45, 7) is 3.24. The highest BCUT2D eigenvalue weighted by Crippen LogP contribution is 2.40. The maximum Gasteiger partial charge on any atom is 0.251 e. The molecular weight excluding hydrogens is 323 g/mol. The highest BCUT2D eigenvalue weighted by atomic mass is 35.5. The molecule has 1 amide bonds. The van der Waals surface area contributed by atoms with Gasteiger partial charge in [0.2, 0.25) is 0 Å². The molecule has 3 N–H and O–H groups in total. The maximum absolute atomic E-state index is 13.0. The minimum absolute atomic E-state index is 0. The Balaban J connectivity index is 0.00000192. The molecule has 1 aromatic carbocycles. The van der Waals surface area contributed by atoms with Crippen LogP contribution in [0.4, 0.5) is 4.39 Å². The highest BCUT2D eigenvalue weighted by molar-refractivity contribution is 5.94. The molecule has 0 radical (unpaired) electrons. The Morgan fingerprint density at radius 1 is 1.43 bits per heavy atom. The van der Waals surface area contributed by atoms with E-state index in [-0.39, 0.29) is 35.4 Å². The first-order valence-corrected chi connectivity index (χ1v) is 7.67. The van der Waals surface area contributed by atoms with Gasteiger partial charge >= 0.3 is 0 Å². The lowest BCUT2D eigenvalue weighted by molar-refractivity contribution is 0.0781. The molecule has 3 rings (SSSR count). The summed E-state index contributed by atoms with van der Waals surface area (Å²) >= 11 is 0. The van der Waals surface area contributed by atoms with E-state index in [4.69, 9.17) is 4.74 Å². The van der Waals surface area contributed by atoms with Gasteiger partial charge in [-0.1, -0.05) is 0 Å². The molecule has 1 unspecified atom stereocenters. The number of phenolic OH excluding ortho intramolecular Hbond substituents is 1. The van der Waals surface area contributed by atoms with Gasteiger partial charge in [-0.3, -0.25) is 4.79 Å². The van der Waals surface area contributed by atoms with E-state index in [1.807, 2.05) is 0 Å². The number of aromatic hydroxyl groups is 1. The third-order valence-corrected chi connectivity index (χ3v) is 4.65. The van der Waals surface area contributed by atoms with Gasteiger partial charge in [0.15, 0.2) is 11.6 Å². The van der Waals surface area contributed by atoms with Crippen molar-refractivity contribution in [2.45, 2.75) is 25.4 Å². The summed E-state index contributed by atoms with van der Waals surface area (Å²) < 4.78 is 18.8. The van der Waals surface area contributed by atoms with Gasteiger partial charge in [-0.15, -0.1) is 12.4 Å². The van der Waals surface area contributed by atoms with Crippen LogP contribution in [0.25, 0.3) is 0 Å². The van der Waals surface area contributed by atoms with E-state index in [1.54, 1.807) is 0 Å². The van der Waals surface area contributed by atoms with Crippen molar-refractivity contribution in [1.82, 2.24) is 10.6 Å². The van der Waals surface area contributed by atoms with Gasteiger partial charge in [-0.25, -0.2) is 4.39 Å². The lowest BCUT2D eigenvalue weighted by Gasteiger charge is -2.32. The second kappa shape index (κ2) is 7.47. The van der Waals surface area contributed by atoms with Crippen molar-refractivity contribution in [2.24, 2.45) is 5.41 Å². The Morgan fingerprint density at radius 3 is 2.87 bits per heavy atom. The van der Waals surface area contributed by atoms with Gasteiger partial charge in [0.05, 0.1) is 12.7 Å². The van der Waals surface area contributed by atoms with Gasteiger partial charge in [0.25, 0.3) is 5.91 Å². The zero-order valence-corrected chi connectivity index (χ0v) is 13.6. The lowest BCUT2D eigenvalue weighted by Crippen LogP contribution is -2.38. The van der Waals surface area contributed by atoms with Crippen LogP contribution in [0.1, 0.15) is 29.6 Å². The van der Waals surface area contributed by atoms with Crippen molar-refractivity contribution in [2.75, 3.05) is 26.2 Å². The van der Waals surface area contributed by atoms with Crippen LogP contribution in [0.5, 0.6) is 5.75 Å². The number of carbonyl (C=O) groups is 1. The summed E-state index contributed by atoms with van der Waals surface area (Å²) in [5, 5.41) is 15.5. The average molecular weight is 345 g/mol. The summed E-state index contributed by atoms with van der Waals surface area (Å²) in [5.74, 6) is -1.58. The molecule has 0 saturated carbocycles. The SMILES string of the molecule is Cl.O=C(NCC1CC2(CCNCC2)CO1)c1ccc(F)c(O)c1. The number of rotatable bonds is 3. The molecule has 5 nitrogen and oxygen atoms in total. The molecule has 0 aliphatic carbocycles. The van der Waals surface area contributed by atoms with Crippen LogP contribution in [0.2, 0.25) is 0 Å². The Morgan fingerprint density at radius 2 is 2.17 bits per heavy atom. The molecule has 2 aliphatic heterocycles. The van der Waals surface area contributed by atoms with Gasteiger partial charge in [0.1, 0.15) is 0 Å². The maximum atomic E-state index is 13.0. The first-order chi connectivity index (χ1) is 10.6. The fourth-order valence-electron chi connectivity index (χ4n) is 3.29. The van der Waals surface area contributed by atoms with Gasteiger partial charge in [-0.2, -0.15) is 0 Å². The van der Waals surface area contributed by atoms with Crippen molar-refractivity contribution >= 4 is 18.3 Å². The smallest absolute Gasteiger partial charge is 0.251 e. The second-order valence-electron chi connectivity index (χ2n) is 6.26. The van der Waals surface area contributed by atoms with Gasteiger partial charge in [0, 0.05) is 12.1 Å². The number of nitrogens with one attached hydrogen (secondary N) is 2. The normalized spacial score (nSPS) is 22.6. The fourth-order valence-corrected chi connectivity index (χ4v) is 3.29. The van der Waals surface area contributed by atoms with E-state index in [0.717, 1.165) is 51.1 Å². The van der Waals surface area contributed by atoms with E-state index in [2.05, 4.69) is 10.6 Å². The van der Waals surface area contributed by atoms with E-state index in [9.17, 15) is 14.3 Å². The number of ether oxygens (including phenoxy) is 1. The molecule has 23 heavy (non-hydrogen) atoms. The molecule has 2 fully saturated rings. The van der Waals surface area contributed by atoms with Gasteiger partial charge < -0.3 is 20.5 Å². The summed E-state index contributed by atoms with van der Waals surface area (Å²) in [6.07, 6.45) is 3.21. The summed E-state index contributed by atoms with van der Waals surface area (Å²) in [7, 11) is 0. The van der Waals surface area contributed by atoms with Crippen molar-refractivity contribution in [3.63, 3.8) is 0 Å². The molecule has 1 atom stereocenters. The number of hydrogen-bond acceptors (Lipinski definition) is 4. The van der Waals surface area contributed by atoms with Crippen LogP contribution < -0.4 is 10.6 Å². The van der Waals surface area contributed by atoms with Crippen LogP contribution in [-0.4, -0.2) is 43.4 Å². The molecule has 0 aromatic heterocycles. The second-order valence-corrected chi connectivity index (χ2v) is 6.26. The number of hydrogen-bond donors (Lipinski definition) is 3. The van der Waals surface area contributed by atoms with Crippen LogP contribution in [-0.2, 0) is 4.74 Å². The molecule has 7 heteroatoms. The number of benzene rings is 1. The lowest BCUT2D eigenvalue weighted by atomic mass is 9.77. The zero-order valence-electron chi connectivity index (χ0n) is 12.8. The predicted molar refractivity (Wildman–Crippen MR) is 86.5 cm³/mol. The largest absolute Gasteiger partial charge is 0.505 e. The third-order valence-electron chi connectivity index (χ3n) is 4.65. The molecule has 2 saturated heterocycles. The Hall–Kier alpha value is -1.37. The number of piperidine rings is 1. The van der Waals surface area contributed by atoms with Crippen molar-refractivity contribution in [1.29, 1.82) is 0 Å². The topological polar surface area (TPSA) is 70.6 Å². The molecule has 2 heterocycles. The van der Waals surface area contributed by atoms with Crippen molar-refractivity contribution in [3.05, 3.63) is 29.6 Å². The van der Waals surface area contributed by atoms with Crippen molar-refractivity contribution in [3.8, 4) is 5.75 Å². The van der Waals surface area contributed by atoms with Crippen molar-refractivity contribution < 1.29 is 19.0 Å². The summed E-state index contributed by atoms with van der Waals surface area (Å²) in [6, 6.07) is 3.57. The minimum atomic E-state index is -0.733. The molecule has 0 bridgehead atoms. The minimum Gasteiger partial charge on any atom is -0.505 e. The average Bonchev–Trinajstić information content (AvgIpc) is 2.91. The van der Waals surface area contributed by atoms with Crippen LogP contribution in [0.15, 0.2) is 18.2 Å². The highest BCUT2D eigenvalue weighted by Gasteiger charge is 2.40. The van der Waals surface area contributed by atoms with E-state index >= 15 is 0 Å². The van der Waals surface area contributed by atoms with Gasteiger partial charge in [-0.05, 0) is 56.0 Å². The Kier molecular flexibility index (Phi) is 5.84. The van der Waals surface area contributed by atoms with Crippen LogP contribution >= 0.6 is 12.4 Å². The number of halogens is 2. The van der Waals surface area contributed by atoms with Crippen LogP contribution in [0.3, 0.4) is 0 Å². The first-order valence-electron chi connectivity index (χ1n) is 7.67.